The molecule has 1 amide bonds. The van der Waals surface area contributed by atoms with Crippen LogP contribution in [0, 0.1) is 0 Å². The van der Waals surface area contributed by atoms with Gasteiger partial charge in [-0.1, -0.05) is 30.3 Å². The van der Waals surface area contributed by atoms with Crippen molar-refractivity contribution in [3.8, 4) is 0 Å². The number of nitrogens with zero attached hydrogens (tertiary/aromatic N) is 1. The Hall–Kier alpha value is -1.90. The summed E-state index contributed by atoms with van der Waals surface area (Å²) in [6, 6.07) is 7.98. The SMILES string of the molecule is O=C1N=COC12C=Cc1ccccc1C2. The van der Waals surface area contributed by atoms with Crippen LogP contribution in [0.1, 0.15) is 11.1 Å². The van der Waals surface area contributed by atoms with Gasteiger partial charge in [0.1, 0.15) is 0 Å². The molecule has 2 aliphatic rings. The van der Waals surface area contributed by atoms with E-state index in [2.05, 4.69) is 4.99 Å². The maximum atomic E-state index is 11.6. The van der Waals surface area contributed by atoms with Crippen LogP contribution in [-0.2, 0) is 16.0 Å². The van der Waals surface area contributed by atoms with Gasteiger partial charge in [-0.15, -0.1) is 0 Å². The van der Waals surface area contributed by atoms with E-state index in [-0.39, 0.29) is 5.91 Å². The Morgan fingerprint density at radius 1 is 1.33 bits per heavy atom. The summed E-state index contributed by atoms with van der Waals surface area (Å²) >= 11 is 0. The van der Waals surface area contributed by atoms with Crippen LogP contribution in [0.3, 0.4) is 0 Å². The van der Waals surface area contributed by atoms with E-state index in [0.29, 0.717) is 6.42 Å². The molecule has 0 aromatic heterocycles. The van der Waals surface area contributed by atoms with Gasteiger partial charge in [0.05, 0.1) is 0 Å². The first-order valence-electron chi connectivity index (χ1n) is 4.82. The molecule has 3 heteroatoms. The van der Waals surface area contributed by atoms with Gasteiger partial charge in [0, 0.05) is 6.42 Å². The highest BCUT2D eigenvalue weighted by Gasteiger charge is 2.42. The van der Waals surface area contributed by atoms with Crippen LogP contribution in [-0.4, -0.2) is 17.9 Å². The van der Waals surface area contributed by atoms with Crippen molar-refractivity contribution in [1.29, 1.82) is 0 Å². The first-order valence-corrected chi connectivity index (χ1v) is 4.82. The molecule has 0 bridgehead atoms. The van der Waals surface area contributed by atoms with Crippen LogP contribution in [0.5, 0.6) is 0 Å². The molecule has 1 heterocycles. The molecule has 74 valence electrons. The van der Waals surface area contributed by atoms with Crippen molar-refractivity contribution >= 4 is 18.4 Å². The second kappa shape index (κ2) is 2.79. The number of hydrogen-bond donors (Lipinski definition) is 0. The quantitative estimate of drug-likeness (QED) is 0.636. The highest BCUT2D eigenvalue weighted by molar-refractivity contribution is 5.98. The molecule has 1 atom stereocenters. The first-order chi connectivity index (χ1) is 7.30. The Morgan fingerprint density at radius 2 is 2.20 bits per heavy atom. The number of ether oxygens (including phenoxy) is 1. The number of carbonyl (C=O) groups is 1. The molecule has 1 aromatic carbocycles. The fourth-order valence-corrected chi connectivity index (χ4v) is 1.98. The maximum absolute atomic E-state index is 11.6. The Labute approximate surface area is 87.1 Å². The molecule has 0 N–H and O–H groups in total. The third-order valence-corrected chi connectivity index (χ3v) is 2.84. The minimum atomic E-state index is -0.867. The lowest BCUT2D eigenvalue weighted by atomic mass is 9.86. The third kappa shape index (κ3) is 1.13. The lowest BCUT2D eigenvalue weighted by Crippen LogP contribution is -2.38. The van der Waals surface area contributed by atoms with Gasteiger partial charge in [0.15, 0.2) is 6.40 Å². The van der Waals surface area contributed by atoms with Crippen LogP contribution < -0.4 is 0 Å². The normalized spacial score (nSPS) is 26.8. The summed E-state index contributed by atoms with van der Waals surface area (Å²) in [5.74, 6) is -0.215. The molecule has 3 rings (SSSR count). The highest BCUT2D eigenvalue weighted by atomic mass is 16.5. The van der Waals surface area contributed by atoms with Crippen molar-refractivity contribution in [2.45, 2.75) is 12.0 Å². The third-order valence-electron chi connectivity index (χ3n) is 2.84. The number of amides is 1. The van der Waals surface area contributed by atoms with Crippen molar-refractivity contribution in [2.75, 3.05) is 0 Å². The van der Waals surface area contributed by atoms with Crippen molar-refractivity contribution in [3.63, 3.8) is 0 Å². The van der Waals surface area contributed by atoms with Gasteiger partial charge in [-0.3, -0.25) is 4.79 Å². The second-order valence-electron chi connectivity index (χ2n) is 3.76. The average molecular weight is 199 g/mol. The Morgan fingerprint density at radius 3 is 3.00 bits per heavy atom. The molecule has 0 radical (unpaired) electrons. The zero-order valence-corrected chi connectivity index (χ0v) is 8.01. The topological polar surface area (TPSA) is 38.7 Å². The Bertz CT molecular complexity index is 490. The van der Waals surface area contributed by atoms with E-state index >= 15 is 0 Å². The highest BCUT2D eigenvalue weighted by Crippen LogP contribution is 2.31. The summed E-state index contributed by atoms with van der Waals surface area (Å²) in [4.78, 5) is 15.2. The number of aliphatic imine (C=N–C) groups is 1. The zero-order valence-electron chi connectivity index (χ0n) is 8.01. The minimum absolute atomic E-state index is 0.215. The van der Waals surface area contributed by atoms with Crippen molar-refractivity contribution in [3.05, 3.63) is 41.5 Å². The smallest absolute Gasteiger partial charge is 0.297 e. The van der Waals surface area contributed by atoms with Gasteiger partial charge in [-0.05, 0) is 17.2 Å². The summed E-state index contributed by atoms with van der Waals surface area (Å²) in [5, 5.41) is 0. The fourth-order valence-electron chi connectivity index (χ4n) is 1.98. The van der Waals surface area contributed by atoms with Crippen molar-refractivity contribution in [2.24, 2.45) is 4.99 Å². The van der Waals surface area contributed by atoms with Crippen molar-refractivity contribution < 1.29 is 9.53 Å². The van der Waals surface area contributed by atoms with E-state index < -0.39 is 5.60 Å². The molecule has 1 aliphatic heterocycles. The summed E-state index contributed by atoms with van der Waals surface area (Å²) in [6.45, 7) is 0. The predicted molar refractivity (Wildman–Crippen MR) is 56.5 cm³/mol. The fraction of sp³-hybridized carbons (Fsp3) is 0.167. The number of fused-ring (bicyclic) bond motifs is 1. The molecule has 1 unspecified atom stereocenters. The van der Waals surface area contributed by atoms with E-state index in [9.17, 15) is 4.79 Å². The van der Waals surface area contributed by atoms with Crippen molar-refractivity contribution in [1.82, 2.24) is 0 Å². The lowest BCUT2D eigenvalue weighted by molar-refractivity contribution is -0.127. The lowest BCUT2D eigenvalue weighted by Gasteiger charge is -2.26. The molecular weight excluding hydrogens is 190 g/mol. The van der Waals surface area contributed by atoms with Crippen LogP contribution >= 0.6 is 0 Å². The molecule has 1 aliphatic carbocycles. The monoisotopic (exact) mass is 199 g/mol. The van der Waals surface area contributed by atoms with Crippen LogP contribution in [0.4, 0.5) is 0 Å². The molecular formula is C12H9NO2. The van der Waals surface area contributed by atoms with E-state index in [1.54, 1.807) is 6.08 Å². The summed E-state index contributed by atoms with van der Waals surface area (Å²) < 4.78 is 5.32. The molecule has 1 aromatic rings. The molecule has 0 saturated carbocycles. The van der Waals surface area contributed by atoms with E-state index in [1.807, 2.05) is 30.3 Å². The number of benzene rings is 1. The maximum Gasteiger partial charge on any atom is 0.297 e. The largest absolute Gasteiger partial charge is 0.462 e. The molecule has 0 saturated heterocycles. The number of hydrogen-bond acceptors (Lipinski definition) is 2. The van der Waals surface area contributed by atoms with Gasteiger partial charge in [-0.2, -0.15) is 4.99 Å². The van der Waals surface area contributed by atoms with Gasteiger partial charge >= 0.3 is 0 Å². The number of carbonyl (C=O) groups excluding carboxylic acids is 1. The average Bonchev–Trinajstić information content (AvgIpc) is 2.60. The minimum Gasteiger partial charge on any atom is -0.462 e. The molecule has 0 fully saturated rings. The second-order valence-corrected chi connectivity index (χ2v) is 3.76. The van der Waals surface area contributed by atoms with E-state index in [1.165, 1.54) is 6.40 Å². The number of rotatable bonds is 0. The van der Waals surface area contributed by atoms with Gasteiger partial charge in [0.25, 0.3) is 5.91 Å². The van der Waals surface area contributed by atoms with Crippen LogP contribution in [0.25, 0.3) is 6.08 Å². The standard InChI is InChI=1S/C12H9NO2/c14-11-12(15-8-13-11)6-5-9-3-1-2-4-10(9)7-12/h1-6,8H,7H2. The summed E-state index contributed by atoms with van der Waals surface area (Å²) in [5.41, 5.74) is 1.40. The zero-order chi connectivity index (χ0) is 10.3. The van der Waals surface area contributed by atoms with Crippen LogP contribution in [0.2, 0.25) is 0 Å². The van der Waals surface area contributed by atoms with Gasteiger partial charge in [0.2, 0.25) is 5.60 Å². The summed E-state index contributed by atoms with van der Waals surface area (Å²) in [7, 11) is 0. The van der Waals surface area contributed by atoms with E-state index in [0.717, 1.165) is 11.1 Å². The van der Waals surface area contributed by atoms with Gasteiger partial charge < -0.3 is 4.74 Å². The summed E-state index contributed by atoms with van der Waals surface area (Å²) in [6.07, 6.45) is 5.52. The first kappa shape index (κ1) is 8.41. The van der Waals surface area contributed by atoms with Crippen LogP contribution in [0.15, 0.2) is 35.3 Å². The Kier molecular flexibility index (Phi) is 1.57. The molecule has 1 spiro atoms. The molecule has 3 nitrogen and oxygen atoms in total. The Balaban J connectivity index is 2.06. The van der Waals surface area contributed by atoms with E-state index in [4.69, 9.17) is 4.74 Å². The predicted octanol–water partition coefficient (Wildman–Crippen LogP) is 1.58. The molecule has 15 heavy (non-hydrogen) atoms. The van der Waals surface area contributed by atoms with Gasteiger partial charge in [-0.25, -0.2) is 0 Å².